The number of hydrogen-bond donors (Lipinski definition) is 2. The number of urea groups is 1. The SMILES string of the molecule is COc1cc(CN(C)C(=O)NCC2CCS(=O)(=O)C2)ccc1O. The molecule has 2 rings (SSSR count). The third kappa shape index (κ3) is 4.75. The molecule has 1 aliphatic heterocycles. The van der Waals surface area contributed by atoms with Crippen LogP contribution in [0.3, 0.4) is 0 Å². The van der Waals surface area contributed by atoms with Crippen LogP contribution in [0.25, 0.3) is 0 Å². The van der Waals surface area contributed by atoms with Crippen molar-refractivity contribution in [2.45, 2.75) is 13.0 Å². The molecule has 1 aromatic carbocycles. The lowest BCUT2D eigenvalue weighted by molar-refractivity contribution is 0.205. The highest BCUT2D eigenvalue weighted by molar-refractivity contribution is 7.91. The van der Waals surface area contributed by atoms with Crippen molar-refractivity contribution >= 4 is 15.9 Å². The summed E-state index contributed by atoms with van der Waals surface area (Å²) in [6, 6.07) is 4.64. The standard InChI is InChI=1S/C15H22N2O5S/c1-17(9-11-3-4-13(18)14(7-11)22-2)15(19)16-8-12-5-6-23(20,21)10-12/h3-4,7,12,18H,5-6,8-10H2,1-2H3,(H,16,19). The molecule has 2 amide bonds. The van der Waals surface area contributed by atoms with E-state index >= 15 is 0 Å². The Morgan fingerprint density at radius 2 is 2.22 bits per heavy atom. The summed E-state index contributed by atoms with van der Waals surface area (Å²) in [4.78, 5) is 13.6. The fourth-order valence-corrected chi connectivity index (χ4v) is 4.43. The van der Waals surface area contributed by atoms with E-state index in [1.165, 1.54) is 18.1 Å². The van der Waals surface area contributed by atoms with Gasteiger partial charge in [-0.1, -0.05) is 6.07 Å². The van der Waals surface area contributed by atoms with Crippen molar-refractivity contribution < 1.29 is 23.1 Å². The van der Waals surface area contributed by atoms with Gasteiger partial charge in [-0.3, -0.25) is 0 Å². The van der Waals surface area contributed by atoms with Crippen LogP contribution in [0.5, 0.6) is 11.5 Å². The van der Waals surface area contributed by atoms with Gasteiger partial charge in [0.2, 0.25) is 0 Å². The van der Waals surface area contributed by atoms with Crippen molar-refractivity contribution in [1.82, 2.24) is 10.2 Å². The topological polar surface area (TPSA) is 95.9 Å². The third-order valence-electron chi connectivity index (χ3n) is 3.88. The largest absolute Gasteiger partial charge is 0.504 e. The quantitative estimate of drug-likeness (QED) is 0.831. The maximum Gasteiger partial charge on any atom is 0.317 e. The van der Waals surface area contributed by atoms with E-state index in [1.807, 2.05) is 0 Å². The van der Waals surface area contributed by atoms with E-state index in [2.05, 4.69) is 5.32 Å². The molecule has 23 heavy (non-hydrogen) atoms. The van der Waals surface area contributed by atoms with Gasteiger partial charge in [0.1, 0.15) is 0 Å². The lowest BCUT2D eigenvalue weighted by atomic mass is 10.1. The highest BCUT2D eigenvalue weighted by Gasteiger charge is 2.28. The maximum absolute atomic E-state index is 12.1. The Labute approximate surface area is 136 Å². The molecule has 2 N–H and O–H groups in total. The summed E-state index contributed by atoms with van der Waals surface area (Å²) in [7, 11) is 0.190. The molecule has 0 radical (unpaired) electrons. The molecule has 1 aliphatic rings. The van der Waals surface area contributed by atoms with Gasteiger partial charge in [-0.15, -0.1) is 0 Å². The van der Waals surface area contributed by atoms with Gasteiger partial charge in [0.25, 0.3) is 0 Å². The van der Waals surface area contributed by atoms with Gasteiger partial charge in [0.15, 0.2) is 21.3 Å². The number of hydrogen-bond acceptors (Lipinski definition) is 5. The summed E-state index contributed by atoms with van der Waals surface area (Å²) < 4.78 is 27.8. The van der Waals surface area contributed by atoms with Crippen LogP contribution in [0.4, 0.5) is 4.79 Å². The fourth-order valence-electron chi connectivity index (χ4n) is 2.57. The molecule has 0 aromatic heterocycles. The molecule has 1 atom stereocenters. The number of nitrogens with one attached hydrogen (secondary N) is 1. The molecule has 8 heteroatoms. The molecule has 128 valence electrons. The van der Waals surface area contributed by atoms with Gasteiger partial charge in [-0.25, -0.2) is 13.2 Å². The number of methoxy groups -OCH3 is 1. The zero-order valence-corrected chi connectivity index (χ0v) is 14.1. The number of aromatic hydroxyl groups is 1. The van der Waals surface area contributed by atoms with Crippen molar-refractivity contribution in [3.05, 3.63) is 23.8 Å². The van der Waals surface area contributed by atoms with Crippen molar-refractivity contribution in [3.63, 3.8) is 0 Å². The van der Waals surface area contributed by atoms with Gasteiger partial charge < -0.3 is 20.1 Å². The van der Waals surface area contributed by atoms with E-state index in [0.29, 0.717) is 25.3 Å². The number of ether oxygens (including phenoxy) is 1. The fraction of sp³-hybridized carbons (Fsp3) is 0.533. The number of phenols is 1. The van der Waals surface area contributed by atoms with Crippen molar-refractivity contribution in [3.8, 4) is 11.5 Å². The number of amides is 2. The van der Waals surface area contributed by atoms with E-state index in [0.717, 1.165) is 5.56 Å². The first-order chi connectivity index (χ1) is 10.8. The summed E-state index contributed by atoms with van der Waals surface area (Å²) in [6.07, 6.45) is 0.599. The van der Waals surface area contributed by atoms with Gasteiger partial charge in [0.05, 0.1) is 18.6 Å². The van der Waals surface area contributed by atoms with Crippen molar-refractivity contribution in [2.75, 3.05) is 32.2 Å². The molecule has 1 unspecified atom stereocenters. The smallest absolute Gasteiger partial charge is 0.317 e. The zero-order chi connectivity index (χ0) is 17.0. The Hall–Kier alpha value is -1.96. The highest BCUT2D eigenvalue weighted by atomic mass is 32.2. The molecule has 0 bridgehead atoms. The van der Waals surface area contributed by atoms with Crippen LogP contribution in [0.1, 0.15) is 12.0 Å². The van der Waals surface area contributed by atoms with E-state index in [4.69, 9.17) is 4.74 Å². The minimum absolute atomic E-state index is 0.00823. The van der Waals surface area contributed by atoms with Crippen LogP contribution >= 0.6 is 0 Å². The first-order valence-corrected chi connectivity index (χ1v) is 9.18. The average Bonchev–Trinajstić information content (AvgIpc) is 2.85. The van der Waals surface area contributed by atoms with Crippen LogP contribution in [0.2, 0.25) is 0 Å². The predicted octanol–water partition coefficient (Wildman–Crippen LogP) is 0.977. The highest BCUT2D eigenvalue weighted by Crippen LogP contribution is 2.26. The number of carbonyl (C=O) groups is 1. The summed E-state index contributed by atoms with van der Waals surface area (Å²) in [5, 5.41) is 12.3. The van der Waals surface area contributed by atoms with E-state index in [9.17, 15) is 18.3 Å². The van der Waals surface area contributed by atoms with Crippen LogP contribution in [-0.4, -0.2) is 56.7 Å². The molecule has 1 fully saturated rings. The number of carbonyl (C=O) groups excluding carboxylic acids is 1. The zero-order valence-electron chi connectivity index (χ0n) is 13.3. The Morgan fingerprint density at radius 3 is 2.83 bits per heavy atom. The van der Waals surface area contributed by atoms with Crippen LogP contribution in [-0.2, 0) is 16.4 Å². The van der Waals surface area contributed by atoms with Crippen LogP contribution in [0.15, 0.2) is 18.2 Å². The third-order valence-corrected chi connectivity index (χ3v) is 5.72. The van der Waals surface area contributed by atoms with E-state index in [-0.39, 0.29) is 29.2 Å². The average molecular weight is 342 g/mol. The molecular formula is C15H22N2O5S. The number of benzene rings is 1. The summed E-state index contributed by atoms with van der Waals surface area (Å²) >= 11 is 0. The lowest BCUT2D eigenvalue weighted by Gasteiger charge is -2.19. The van der Waals surface area contributed by atoms with Crippen LogP contribution < -0.4 is 10.1 Å². The summed E-state index contributed by atoms with van der Waals surface area (Å²) in [5.74, 6) is 0.743. The van der Waals surface area contributed by atoms with Gasteiger partial charge in [-0.05, 0) is 30.0 Å². The predicted molar refractivity (Wildman–Crippen MR) is 86.3 cm³/mol. The monoisotopic (exact) mass is 342 g/mol. The van der Waals surface area contributed by atoms with Gasteiger partial charge in [-0.2, -0.15) is 0 Å². The Balaban J connectivity index is 1.85. The van der Waals surface area contributed by atoms with E-state index in [1.54, 1.807) is 19.2 Å². The minimum Gasteiger partial charge on any atom is -0.504 e. The molecule has 1 aromatic rings. The first kappa shape index (κ1) is 17.4. The second-order valence-electron chi connectivity index (χ2n) is 5.82. The second kappa shape index (κ2) is 7.08. The lowest BCUT2D eigenvalue weighted by Crippen LogP contribution is -2.39. The Morgan fingerprint density at radius 1 is 1.48 bits per heavy atom. The van der Waals surface area contributed by atoms with Gasteiger partial charge in [0, 0.05) is 20.1 Å². The van der Waals surface area contributed by atoms with Crippen molar-refractivity contribution in [2.24, 2.45) is 5.92 Å². The van der Waals surface area contributed by atoms with Gasteiger partial charge >= 0.3 is 6.03 Å². The molecule has 0 spiro atoms. The molecule has 1 heterocycles. The molecule has 0 aliphatic carbocycles. The summed E-state index contributed by atoms with van der Waals surface area (Å²) in [6.45, 7) is 0.715. The summed E-state index contributed by atoms with van der Waals surface area (Å²) in [5.41, 5.74) is 0.820. The second-order valence-corrected chi connectivity index (χ2v) is 8.05. The van der Waals surface area contributed by atoms with Crippen LogP contribution in [0, 0.1) is 5.92 Å². The normalized spacial score (nSPS) is 19.3. The Bertz CT molecular complexity index is 674. The Kier molecular flexibility index (Phi) is 5.35. The molecule has 1 saturated heterocycles. The first-order valence-electron chi connectivity index (χ1n) is 7.36. The minimum atomic E-state index is -2.93. The number of rotatable bonds is 5. The number of phenolic OH excluding ortho intramolecular Hbond substituents is 1. The maximum atomic E-state index is 12.1. The molecular weight excluding hydrogens is 320 g/mol. The molecule has 7 nitrogen and oxygen atoms in total. The molecule has 0 saturated carbocycles. The van der Waals surface area contributed by atoms with E-state index < -0.39 is 9.84 Å². The number of nitrogens with zero attached hydrogens (tertiary/aromatic N) is 1. The van der Waals surface area contributed by atoms with Crippen molar-refractivity contribution in [1.29, 1.82) is 0 Å². The number of sulfone groups is 1.